The number of anilines is 3. The Kier molecular flexibility index (Phi) is 6.14. The lowest BCUT2D eigenvalue weighted by molar-refractivity contribution is 0.0636. The summed E-state index contributed by atoms with van der Waals surface area (Å²) in [6, 6.07) is 3.48. The van der Waals surface area contributed by atoms with Crippen LogP contribution in [0.5, 0.6) is 0 Å². The molecule has 0 aromatic carbocycles. The van der Waals surface area contributed by atoms with E-state index in [0.29, 0.717) is 37.4 Å². The molecule has 3 heterocycles. The largest absolute Gasteiger partial charge is 0.444 e. The molecule has 0 aliphatic rings. The van der Waals surface area contributed by atoms with Gasteiger partial charge in [0.15, 0.2) is 10.3 Å². The van der Waals surface area contributed by atoms with Crippen LogP contribution in [-0.2, 0) is 11.3 Å². The fourth-order valence-corrected chi connectivity index (χ4v) is 3.91. The summed E-state index contributed by atoms with van der Waals surface area (Å²) in [6.07, 6.45) is 0.937. The number of amides is 1. The van der Waals surface area contributed by atoms with E-state index in [1.807, 2.05) is 5.38 Å². The van der Waals surface area contributed by atoms with Gasteiger partial charge in [-0.1, -0.05) is 22.9 Å². The lowest BCUT2D eigenvalue weighted by Gasteiger charge is -2.18. The van der Waals surface area contributed by atoms with Gasteiger partial charge in [-0.15, -0.1) is 11.3 Å². The van der Waals surface area contributed by atoms with Crippen LogP contribution in [0.25, 0.3) is 10.6 Å². The highest BCUT2D eigenvalue weighted by Crippen LogP contribution is 2.35. The zero-order valence-corrected chi connectivity index (χ0v) is 17.7. The van der Waals surface area contributed by atoms with Gasteiger partial charge in [0.1, 0.15) is 11.4 Å². The number of hydrogen-bond acceptors (Lipinski definition) is 9. The van der Waals surface area contributed by atoms with E-state index in [1.54, 1.807) is 39.1 Å². The Morgan fingerprint density at radius 3 is 2.71 bits per heavy atom. The van der Waals surface area contributed by atoms with Gasteiger partial charge in [-0.05, 0) is 32.9 Å². The van der Waals surface area contributed by atoms with Gasteiger partial charge < -0.3 is 15.2 Å². The number of nitrogens with zero attached hydrogens (tertiary/aromatic N) is 3. The SMILES string of the molecule is CC(C)(C)OC(=O)Nc1nc(CO)c(-c2csc(Nc3ccc(Cl)cn3)n2)s1. The van der Waals surface area contributed by atoms with Crippen molar-refractivity contribution in [1.29, 1.82) is 0 Å². The molecule has 0 radical (unpaired) electrons. The van der Waals surface area contributed by atoms with E-state index in [1.165, 1.54) is 22.7 Å². The highest BCUT2D eigenvalue weighted by Gasteiger charge is 2.20. The summed E-state index contributed by atoms with van der Waals surface area (Å²) < 4.78 is 5.22. The van der Waals surface area contributed by atoms with E-state index < -0.39 is 11.7 Å². The molecule has 0 spiro atoms. The molecule has 3 aromatic heterocycles. The van der Waals surface area contributed by atoms with Crippen molar-refractivity contribution in [2.75, 3.05) is 10.6 Å². The zero-order chi connectivity index (χ0) is 20.3. The van der Waals surface area contributed by atoms with Crippen molar-refractivity contribution >= 4 is 56.4 Å². The quantitative estimate of drug-likeness (QED) is 0.518. The first-order chi connectivity index (χ1) is 13.2. The van der Waals surface area contributed by atoms with E-state index in [2.05, 4.69) is 25.6 Å². The number of nitrogens with one attached hydrogen (secondary N) is 2. The number of ether oxygens (including phenoxy) is 1. The van der Waals surface area contributed by atoms with E-state index in [9.17, 15) is 9.90 Å². The molecule has 0 saturated heterocycles. The molecule has 3 rings (SSSR count). The number of carbonyl (C=O) groups is 1. The smallest absolute Gasteiger partial charge is 0.413 e. The highest BCUT2D eigenvalue weighted by atomic mass is 35.5. The lowest BCUT2D eigenvalue weighted by atomic mass is 10.2. The summed E-state index contributed by atoms with van der Waals surface area (Å²) in [4.78, 5) is 25.5. The van der Waals surface area contributed by atoms with Gasteiger partial charge in [-0.2, -0.15) is 0 Å². The molecule has 8 nitrogen and oxygen atoms in total. The van der Waals surface area contributed by atoms with Crippen LogP contribution in [0.2, 0.25) is 5.02 Å². The number of pyridine rings is 1. The Hall–Kier alpha value is -2.27. The number of thiazole rings is 2. The third-order valence-electron chi connectivity index (χ3n) is 3.15. The van der Waals surface area contributed by atoms with Crippen LogP contribution in [0.15, 0.2) is 23.7 Å². The monoisotopic (exact) mass is 439 g/mol. The van der Waals surface area contributed by atoms with Gasteiger partial charge >= 0.3 is 6.09 Å². The Morgan fingerprint density at radius 2 is 2.07 bits per heavy atom. The second kappa shape index (κ2) is 8.39. The third-order valence-corrected chi connectivity index (χ3v) is 5.17. The number of rotatable bonds is 5. The van der Waals surface area contributed by atoms with E-state index in [-0.39, 0.29) is 6.61 Å². The van der Waals surface area contributed by atoms with Crippen LogP contribution >= 0.6 is 34.3 Å². The van der Waals surface area contributed by atoms with E-state index in [0.717, 1.165) is 0 Å². The summed E-state index contributed by atoms with van der Waals surface area (Å²) in [5.41, 5.74) is 0.451. The van der Waals surface area contributed by atoms with Crippen molar-refractivity contribution in [1.82, 2.24) is 15.0 Å². The molecule has 148 valence electrons. The number of carbonyl (C=O) groups excluding carboxylic acids is 1. The number of halogens is 1. The minimum absolute atomic E-state index is 0.277. The average Bonchev–Trinajstić information content (AvgIpc) is 3.21. The molecule has 0 saturated carbocycles. The Morgan fingerprint density at radius 1 is 1.29 bits per heavy atom. The molecule has 28 heavy (non-hydrogen) atoms. The van der Waals surface area contributed by atoms with Crippen molar-refractivity contribution < 1.29 is 14.6 Å². The molecule has 11 heteroatoms. The van der Waals surface area contributed by atoms with Crippen LogP contribution in [0, 0.1) is 0 Å². The molecular formula is C17H18ClN5O3S2. The van der Waals surface area contributed by atoms with Crippen LogP contribution in [0.1, 0.15) is 26.5 Å². The number of aliphatic hydroxyl groups excluding tert-OH is 1. The maximum atomic E-state index is 11.9. The van der Waals surface area contributed by atoms with Crippen LogP contribution in [0.4, 0.5) is 20.9 Å². The predicted molar refractivity (Wildman–Crippen MR) is 112 cm³/mol. The van der Waals surface area contributed by atoms with Gasteiger partial charge in [0.25, 0.3) is 0 Å². The fraction of sp³-hybridized carbons (Fsp3) is 0.294. The first-order valence-corrected chi connectivity index (χ1v) is 10.3. The summed E-state index contributed by atoms with van der Waals surface area (Å²) in [5, 5.41) is 18.6. The molecule has 0 aliphatic heterocycles. The van der Waals surface area contributed by atoms with Crippen molar-refractivity contribution in [3.8, 4) is 10.6 Å². The fourth-order valence-electron chi connectivity index (χ4n) is 2.10. The number of aliphatic hydroxyl groups is 1. The summed E-state index contributed by atoms with van der Waals surface area (Å²) in [7, 11) is 0. The molecule has 0 bridgehead atoms. The maximum absolute atomic E-state index is 11.9. The highest BCUT2D eigenvalue weighted by molar-refractivity contribution is 7.20. The van der Waals surface area contributed by atoms with Gasteiger partial charge in [0.2, 0.25) is 0 Å². The van der Waals surface area contributed by atoms with Gasteiger partial charge in [0, 0.05) is 11.6 Å². The Labute approximate surface area is 174 Å². The number of aromatic nitrogens is 3. The van der Waals surface area contributed by atoms with Crippen LogP contribution < -0.4 is 10.6 Å². The Bertz CT molecular complexity index is 966. The predicted octanol–water partition coefficient (Wildman–Crippen LogP) is 4.90. The first kappa shape index (κ1) is 20.5. The average molecular weight is 440 g/mol. The van der Waals surface area contributed by atoms with E-state index in [4.69, 9.17) is 16.3 Å². The normalized spacial score (nSPS) is 11.3. The summed E-state index contributed by atoms with van der Waals surface area (Å²) >= 11 is 8.43. The van der Waals surface area contributed by atoms with Crippen molar-refractivity contribution in [2.45, 2.75) is 33.0 Å². The minimum atomic E-state index is -0.616. The maximum Gasteiger partial charge on any atom is 0.413 e. The Balaban J connectivity index is 1.76. The second-order valence-electron chi connectivity index (χ2n) is 6.60. The molecule has 3 N–H and O–H groups in total. The van der Waals surface area contributed by atoms with Gasteiger partial charge in [-0.25, -0.2) is 19.7 Å². The summed E-state index contributed by atoms with van der Waals surface area (Å²) in [5.74, 6) is 0.615. The zero-order valence-electron chi connectivity index (χ0n) is 15.3. The van der Waals surface area contributed by atoms with Crippen molar-refractivity contribution in [3.63, 3.8) is 0 Å². The second-order valence-corrected chi connectivity index (χ2v) is 8.90. The summed E-state index contributed by atoms with van der Waals surface area (Å²) in [6.45, 7) is 5.05. The van der Waals surface area contributed by atoms with Crippen molar-refractivity contribution in [3.05, 3.63) is 34.4 Å². The molecule has 0 fully saturated rings. The standard InChI is InChI=1S/C17H18ClN5O3S2/c1-17(2,3)26-16(25)23-15-20-10(7-24)13(28-15)11-8-27-14(21-11)22-12-5-4-9(18)6-19-12/h4-6,8,24H,7H2,1-3H3,(H,19,21,22)(H,20,23,25). The number of hydrogen-bond donors (Lipinski definition) is 3. The van der Waals surface area contributed by atoms with Crippen LogP contribution in [0.3, 0.4) is 0 Å². The molecule has 0 atom stereocenters. The molecule has 1 amide bonds. The molecule has 0 aliphatic carbocycles. The van der Waals surface area contributed by atoms with Gasteiger partial charge in [-0.3, -0.25) is 5.32 Å². The first-order valence-electron chi connectivity index (χ1n) is 8.18. The van der Waals surface area contributed by atoms with E-state index >= 15 is 0 Å². The topological polar surface area (TPSA) is 109 Å². The van der Waals surface area contributed by atoms with Gasteiger partial charge in [0.05, 0.1) is 27.9 Å². The molecule has 3 aromatic rings. The van der Waals surface area contributed by atoms with Crippen LogP contribution in [-0.4, -0.2) is 31.8 Å². The third kappa shape index (κ3) is 5.38. The minimum Gasteiger partial charge on any atom is -0.444 e. The lowest BCUT2D eigenvalue weighted by Crippen LogP contribution is -2.27. The molecular weight excluding hydrogens is 422 g/mol. The van der Waals surface area contributed by atoms with Crippen molar-refractivity contribution in [2.24, 2.45) is 0 Å². The molecule has 0 unspecified atom stereocenters.